The maximum atomic E-state index is 9.70. The average Bonchev–Trinajstić information content (AvgIpc) is 2.43. The topological polar surface area (TPSA) is 44.7 Å². The van der Waals surface area contributed by atoms with Crippen molar-refractivity contribution in [2.75, 3.05) is 39.9 Å². The molecule has 1 atom stereocenters. The number of rotatable bonds is 4. The number of methoxy groups -OCH3 is 1. The number of nitrogens with zero attached hydrogens (tertiary/aromatic N) is 1. The highest BCUT2D eigenvalue weighted by Gasteiger charge is 2.23. The summed E-state index contributed by atoms with van der Waals surface area (Å²) in [5.41, 5.74) is 1.08. The minimum atomic E-state index is 0.0246. The van der Waals surface area contributed by atoms with Crippen LogP contribution in [-0.2, 0) is 0 Å². The van der Waals surface area contributed by atoms with E-state index in [-0.39, 0.29) is 12.6 Å². The predicted octanol–water partition coefficient (Wildman–Crippen LogP) is 1.40. The first-order chi connectivity index (χ1) is 8.76. The summed E-state index contributed by atoms with van der Waals surface area (Å²) >= 11 is 3.56. The Morgan fingerprint density at radius 1 is 1.44 bits per heavy atom. The summed E-state index contributed by atoms with van der Waals surface area (Å²) in [6.45, 7) is 3.96. The van der Waals surface area contributed by atoms with E-state index in [1.165, 1.54) is 0 Å². The van der Waals surface area contributed by atoms with Crippen LogP contribution in [0.15, 0.2) is 22.7 Å². The van der Waals surface area contributed by atoms with Gasteiger partial charge in [-0.25, -0.2) is 0 Å². The van der Waals surface area contributed by atoms with E-state index in [0.717, 1.165) is 42.0 Å². The van der Waals surface area contributed by atoms with Gasteiger partial charge in [0.2, 0.25) is 0 Å². The van der Waals surface area contributed by atoms with Gasteiger partial charge in [-0.1, -0.05) is 15.9 Å². The number of aliphatic hydroxyl groups is 1. The molecule has 4 nitrogen and oxygen atoms in total. The van der Waals surface area contributed by atoms with Gasteiger partial charge in [0.15, 0.2) is 0 Å². The molecule has 0 spiro atoms. The van der Waals surface area contributed by atoms with E-state index in [1.54, 1.807) is 7.11 Å². The van der Waals surface area contributed by atoms with Gasteiger partial charge in [-0.15, -0.1) is 0 Å². The van der Waals surface area contributed by atoms with E-state index in [4.69, 9.17) is 4.74 Å². The highest BCUT2D eigenvalue weighted by Crippen LogP contribution is 2.31. The number of benzene rings is 1. The van der Waals surface area contributed by atoms with Gasteiger partial charge < -0.3 is 15.2 Å². The van der Waals surface area contributed by atoms with Crippen LogP contribution >= 0.6 is 15.9 Å². The van der Waals surface area contributed by atoms with Crippen LogP contribution in [-0.4, -0.2) is 49.9 Å². The van der Waals surface area contributed by atoms with E-state index in [9.17, 15) is 5.11 Å². The van der Waals surface area contributed by atoms with Gasteiger partial charge in [0.1, 0.15) is 5.75 Å². The Kier molecular flexibility index (Phi) is 5.00. The standard InChI is InChI=1S/C13H19BrN2O2/c1-18-10-2-3-12(14)11(8-10)13(9-17)16-6-4-15-5-7-16/h2-3,8,13,15,17H,4-7,9H2,1H3/t13-/m1/s1. The first kappa shape index (κ1) is 13.8. The molecule has 1 saturated heterocycles. The summed E-state index contributed by atoms with van der Waals surface area (Å²) < 4.78 is 6.27. The number of halogens is 1. The third-order valence-corrected chi connectivity index (χ3v) is 4.05. The largest absolute Gasteiger partial charge is 0.497 e. The molecule has 5 heteroatoms. The monoisotopic (exact) mass is 314 g/mol. The van der Waals surface area contributed by atoms with Crippen molar-refractivity contribution < 1.29 is 9.84 Å². The molecule has 0 aromatic heterocycles. The Hall–Kier alpha value is -0.620. The third-order valence-electron chi connectivity index (χ3n) is 3.33. The second kappa shape index (κ2) is 6.52. The molecule has 0 bridgehead atoms. The summed E-state index contributed by atoms with van der Waals surface area (Å²) in [5, 5.41) is 13.0. The van der Waals surface area contributed by atoms with Crippen molar-refractivity contribution >= 4 is 15.9 Å². The molecule has 1 fully saturated rings. The lowest BCUT2D eigenvalue weighted by atomic mass is 10.0. The van der Waals surface area contributed by atoms with Crippen molar-refractivity contribution in [2.45, 2.75) is 6.04 Å². The van der Waals surface area contributed by atoms with Gasteiger partial charge in [-0.3, -0.25) is 4.90 Å². The van der Waals surface area contributed by atoms with Crippen LogP contribution in [0, 0.1) is 0 Å². The van der Waals surface area contributed by atoms with Crippen molar-refractivity contribution in [3.63, 3.8) is 0 Å². The number of hydrogen-bond donors (Lipinski definition) is 2. The second-order valence-electron chi connectivity index (χ2n) is 4.37. The van der Waals surface area contributed by atoms with Gasteiger partial charge in [0, 0.05) is 30.7 Å². The summed E-state index contributed by atoms with van der Waals surface area (Å²) in [7, 11) is 1.66. The molecule has 2 N–H and O–H groups in total. The molecule has 1 aliphatic heterocycles. The summed E-state index contributed by atoms with van der Waals surface area (Å²) in [6, 6.07) is 5.91. The zero-order valence-electron chi connectivity index (χ0n) is 10.5. The molecule has 100 valence electrons. The van der Waals surface area contributed by atoms with Crippen LogP contribution in [0.3, 0.4) is 0 Å². The Bertz CT molecular complexity index is 395. The van der Waals surface area contributed by atoms with Crippen LogP contribution < -0.4 is 10.1 Å². The molecule has 0 aliphatic carbocycles. The van der Waals surface area contributed by atoms with Gasteiger partial charge in [0.05, 0.1) is 19.8 Å². The Morgan fingerprint density at radius 3 is 2.78 bits per heavy atom. The Morgan fingerprint density at radius 2 is 2.17 bits per heavy atom. The van der Waals surface area contributed by atoms with Crippen LogP contribution in [0.1, 0.15) is 11.6 Å². The van der Waals surface area contributed by atoms with Crippen LogP contribution in [0.4, 0.5) is 0 Å². The number of aliphatic hydroxyl groups excluding tert-OH is 1. The lowest BCUT2D eigenvalue weighted by Crippen LogP contribution is -2.46. The van der Waals surface area contributed by atoms with E-state index < -0.39 is 0 Å². The average molecular weight is 315 g/mol. The maximum Gasteiger partial charge on any atom is 0.119 e. The fourth-order valence-corrected chi connectivity index (χ4v) is 2.82. The lowest BCUT2D eigenvalue weighted by Gasteiger charge is -2.34. The van der Waals surface area contributed by atoms with E-state index in [2.05, 4.69) is 26.1 Å². The van der Waals surface area contributed by atoms with Gasteiger partial charge in [-0.2, -0.15) is 0 Å². The number of nitrogens with one attached hydrogen (secondary N) is 1. The molecule has 1 heterocycles. The van der Waals surface area contributed by atoms with Gasteiger partial charge in [0.25, 0.3) is 0 Å². The quantitative estimate of drug-likeness (QED) is 0.881. The van der Waals surface area contributed by atoms with E-state index >= 15 is 0 Å². The number of piperazine rings is 1. The highest BCUT2D eigenvalue weighted by atomic mass is 79.9. The molecule has 1 aromatic carbocycles. The summed E-state index contributed by atoms with van der Waals surface area (Å²) in [5.74, 6) is 0.821. The van der Waals surface area contributed by atoms with Crippen molar-refractivity contribution in [1.29, 1.82) is 0 Å². The first-order valence-corrected chi connectivity index (χ1v) is 6.94. The molecule has 0 radical (unpaired) electrons. The smallest absolute Gasteiger partial charge is 0.119 e. The molecule has 18 heavy (non-hydrogen) atoms. The molecular formula is C13H19BrN2O2. The molecule has 1 aromatic rings. The Labute approximate surface area is 116 Å². The number of hydrogen-bond acceptors (Lipinski definition) is 4. The van der Waals surface area contributed by atoms with E-state index in [0.29, 0.717) is 0 Å². The number of ether oxygens (including phenoxy) is 1. The SMILES string of the molecule is COc1ccc(Br)c([C@@H](CO)N2CCNCC2)c1. The molecule has 0 unspecified atom stereocenters. The van der Waals surface area contributed by atoms with E-state index in [1.807, 2.05) is 18.2 Å². The lowest BCUT2D eigenvalue weighted by molar-refractivity contribution is 0.110. The zero-order valence-corrected chi connectivity index (χ0v) is 12.1. The van der Waals surface area contributed by atoms with Crippen LogP contribution in [0.25, 0.3) is 0 Å². The fraction of sp³-hybridized carbons (Fsp3) is 0.538. The Balaban J connectivity index is 2.25. The zero-order chi connectivity index (χ0) is 13.0. The second-order valence-corrected chi connectivity index (χ2v) is 5.23. The highest BCUT2D eigenvalue weighted by molar-refractivity contribution is 9.10. The van der Waals surface area contributed by atoms with Crippen molar-refractivity contribution in [3.8, 4) is 5.75 Å². The van der Waals surface area contributed by atoms with Crippen LogP contribution in [0.5, 0.6) is 5.75 Å². The molecule has 0 amide bonds. The van der Waals surface area contributed by atoms with Crippen molar-refractivity contribution in [2.24, 2.45) is 0 Å². The summed E-state index contributed by atoms with van der Waals surface area (Å²) in [6.07, 6.45) is 0. The van der Waals surface area contributed by atoms with Gasteiger partial charge >= 0.3 is 0 Å². The third kappa shape index (κ3) is 3.03. The molecule has 0 saturated carbocycles. The maximum absolute atomic E-state index is 9.70. The van der Waals surface area contributed by atoms with Crippen LogP contribution in [0.2, 0.25) is 0 Å². The van der Waals surface area contributed by atoms with Crippen molar-refractivity contribution in [3.05, 3.63) is 28.2 Å². The fourth-order valence-electron chi connectivity index (χ4n) is 2.31. The predicted molar refractivity (Wildman–Crippen MR) is 75.0 cm³/mol. The summed E-state index contributed by atoms with van der Waals surface area (Å²) in [4.78, 5) is 2.30. The molecule has 1 aliphatic rings. The molecular weight excluding hydrogens is 296 g/mol. The molecule has 2 rings (SSSR count). The minimum Gasteiger partial charge on any atom is -0.497 e. The first-order valence-electron chi connectivity index (χ1n) is 6.15. The normalized spacial score (nSPS) is 18.6. The van der Waals surface area contributed by atoms with Gasteiger partial charge in [-0.05, 0) is 23.8 Å². The minimum absolute atomic E-state index is 0.0246. The van der Waals surface area contributed by atoms with Crippen molar-refractivity contribution in [1.82, 2.24) is 10.2 Å².